The number of fused-ring (bicyclic) bond motifs is 1. The molecule has 1 aliphatic carbocycles. The van der Waals surface area contributed by atoms with E-state index in [1.165, 1.54) is 0 Å². The van der Waals surface area contributed by atoms with Gasteiger partial charge in [0.2, 0.25) is 0 Å². The average molecular weight is 312 g/mol. The van der Waals surface area contributed by atoms with Gasteiger partial charge in [0.25, 0.3) is 11.9 Å². The van der Waals surface area contributed by atoms with E-state index in [-0.39, 0.29) is 11.9 Å². The number of hydrogen-bond donors (Lipinski definition) is 1. The Bertz CT molecular complexity index is 697. The highest BCUT2D eigenvalue weighted by molar-refractivity contribution is 5.91. The van der Waals surface area contributed by atoms with Crippen LogP contribution in [0.5, 0.6) is 11.7 Å². The number of ether oxygens (including phenoxy) is 1. The van der Waals surface area contributed by atoms with Crippen LogP contribution in [0.3, 0.4) is 0 Å². The fourth-order valence-electron chi connectivity index (χ4n) is 3.72. The van der Waals surface area contributed by atoms with Gasteiger partial charge in [0.1, 0.15) is 5.75 Å². The van der Waals surface area contributed by atoms with E-state index in [0.29, 0.717) is 29.3 Å². The highest BCUT2D eigenvalue weighted by atomic mass is 16.6. The van der Waals surface area contributed by atoms with Gasteiger partial charge in [-0.15, -0.1) is 0 Å². The van der Waals surface area contributed by atoms with Crippen molar-refractivity contribution in [3.8, 4) is 11.7 Å². The van der Waals surface area contributed by atoms with Gasteiger partial charge in [0.05, 0.1) is 0 Å². The number of benzene rings is 1. The number of hydrogen-bond acceptors (Lipinski definition) is 4. The molecule has 4 rings (SSSR count). The van der Waals surface area contributed by atoms with Crippen molar-refractivity contribution in [3.63, 3.8) is 0 Å². The first-order chi connectivity index (χ1) is 11.2. The van der Waals surface area contributed by atoms with Crippen LogP contribution in [0.15, 0.2) is 46.9 Å². The Morgan fingerprint density at radius 2 is 1.96 bits per heavy atom. The first-order valence-electron chi connectivity index (χ1n) is 8.08. The van der Waals surface area contributed by atoms with Crippen LogP contribution >= 0.6 is 0 Å². The molecule has 0 bridgehead atoms. The van der Waals surface area contributed by atoms with Crippen molar-refractivity contribution in [2.24, 2.45) is 17.6 Å². The molecule has 0 spiro atoms. The number of nitrogens with zero attached hydrogens (tertiary/aromatic N) is 1. The lowest BCUT2D eigenvalue weighted by atomic mass is 9.98. The molecule has 1 amide bonds. The van der Waals surface area contributed by atoms with Gasteiger partial charge in [0, 0.05) is 25.2 Å². The molecule has 120 valence electrons. The van der Waals surface area contributed by atoms with Crippen LogP contribution < -0.4 is 10.5 Å². The molecule has 1 saturated heterocycles. The maximum atomic E-state index is 12.6. The second-order valence-corrected chi connectivity index (χ2v) is 6.41. The van der Waals surface area contributed by atoms with Crippen LogP contribution in [-0.2, 0) is 0 Å². The van der Waals surface area contributed by atoms with Crippen molar-refractivity contribution in [3.05, 3.63) is 48.2 Å². The van der Waals surface area contributed by atoms with Crippen molar-refractivity contribution in [2.45, 2.75) is 18.9 Å². The minimum Gasteiger partial charge on any atom is -0.426 e. The molecule has 1 aromatic heterocycles. The average Bonchev–Trinajstić information content (AvgIpc) is 3.26. The Morgan fingerprint density at radius 3 is 2.74 bits per heavy atom. The molecule has 3 unspecified atom stereocenters. The predicted octanol–water partition coefficient (Wildman–Crippen LogP) is 2.88. The molecule has 2 aliphatic rings. The molecule has 0 radical (unpaired) electrons. The van der Waals surface area contributed by atoms with Gasteiger partial charge in [0.15, 0.2) is 5.76 Å². The summed E-state index contributed by atoms with van der Waals surface area (Å²) >= 11 is 0. The zero-order chi connectivity index (χ0) is 15.8. The number of furan rings is 1. The van der Waals surface area contributed by atoms with E-state index in [4.69, 9.17) is 14.9 Å². The first kappa shape index (κ1) is 14.3. The Labute approximate surface area is 135 Å². The van der Waals surface area contributed by atoms with Crippen LogP contribution in [0, 0.1) is 11.8 Å². The van der Waals surface area contributed by atoms with E-state index in [2.05, 4.69) is 0 Å². The quantitative estimate of drug-likeness (QED) is 0.946. The predicted molar refractivity (Wildman–Crippen MR) is 85.3 cm³/mol. The Morgan fingerprint density at radius 1 is 1.13 bits per heavy atom. The number of carbonyl (C=O) groups excluding carboxylic acids is 1. The van der Waals surface area contributed by atoms with Crippen molar-refractivity contribution in [1.29, 1.82) is 0 Å². The monoisotopic (exact) mass is 312 g/mol. The first-order valence-corrected chi connectivity index (χ1v) is 8.08. The molecule has 5 nitrogen and oxygen atoms in total. The van der Waals surface area contributed by atoms with Crippen LogP contribution in [0.2, 0.25) is 0 Å². The summed E-state index contributed by atoms with van der Waals surface area (Å²) in [4.78, 5) is 14.4. The SMILES string of the molecule is NC1CCC2CN(C(=O)c3ccc(Oc4ccccc4)o3)CC12. The smallest absolute Gasteiger partial charge is 0.290 e. The van der Waals surface area contributed by atoms with Crippen molar-refractivity contribution in [2.75, 3.05) is 13.1 Å². The third-order valence-electron chi connectivity index (χ3n) is 4.95. The van der Waals surface area contributed by atoms with Gasteiger partial charge >= 0.3 is 0 Å². The van der Waals surface area contributed by atoms with Crippen LogP contribution in [0.25, 0.3) is 0 Å². The molecule has 1 aromatic carbocycles. The number of rotatable bonds is 3. The highest BCUT2D eigenvalue weighted by Crippen LogP contribution is 2.37. The molecule has 5 heteroatoms. The number of para-hydroxylation sites is 1. The molecule has 2 heterocycles. The maximum absolute atomic E-state index is 12.6. The molecule has 2 N–H and O–H groups in total. The minimum absolute atomic E-state index is 0.0745. The molecule has 23 heavy (non-hydrogen) atoms. The van der Waals surface area contributed by atoms with E-state index in [9.17, 15) is 4.79 Å². The lowest BCUT2D eigenvalue weighted by Crippen LogP contribution is -2.33. The van der Waals surface area contributed by atoms with Crippen molar-refractivity contribution >= 4 is 5.91 Å². The van der Waals surface area contributed by atoms with E-state index < -0.39 is 0 Å². The number of amides is 1. The third-order valence-corrected chi connectivity index (χ3v) is 4.95. The summed E-state index contributed by atoms with van der Waals surface area (Å²) in [5.74, 6) is 2.25. The van der Waals surface area contributed by atoms with E-state index in [0.717, 1.165) is 25.9 Å². The summed E-state index contributed by atoms with van der Waals surface area (Å²) in [6, 6.07) is 13.0. The lowest BCUT2D eigenvalue weighted by molar-refractivity contribution is 0.0743. The van der Waals surface area contributed by atoms with Gasteiger partial charge in [-0.25, -0.2) is 0 Å². The molecule has 1 aliphatic heterocycles. The standard InChI is InChI=1S/C18H20N2O3/c19-15-7-6-12-10-20(11-14(12)15)18(21)16-8-9-17(23-16)22-13-4-2-1-3-5-13/h1-5,8-9,12,14-15H,6-7,10-11,19H2. The van der Waals surface area contributed by atoms with Crippen molar-refractivity contribution < 1.29 is 13.9 Å². The molecule has 2 aromatic rings. The molecule has 3 atom stereocenters. The molecular weight excluding hydrogens is 292 g/mol. The Kier molecular flexibility index (Phi) is 3.58. The van der Waals surface area contributed by atoms with Gasteiger partial charge < -0.3 is 19.8 Å². The summed E-state index contributed by atoms with van der Waals surface area (Å²) in [6.45, 7) is 1.52. The molecule has 2 fully saturated rings. The van der Waals surface area contributed by atoms with Gasteiger partial charge in [-0.2, -0.15) is 0 Å². The second-order valence-electron chi connectivity index (χ2n) is 6.41. The summed E-state index contributed by atoms with van der Waals surface area (Å²) in [5.41, 5.74) is 6.13. The minimum atomic E-state index is -0.0745. The van der Waals surface area contributed by atoms with E-state index >= 15 is 0 Å². The van der Waals surface area contributed by atoms with Crippen LogP contribution in [-0.4, -0.2) is 29.9 Å². The van der Waals surface area contributed by atoms with Crippen molar-refractivity contribution in [1.82, 2.24) is 4.90 Å². The highest BCUT2D eigenvalue weighted by Gasteiger charge is 2.43. The zero-order valence-corrected chi connectivity index (χ0v) is 12.9. The Hall–Kier alpha value is -2.27. The molecule has 1 saturated carbocycles. The summed E-state index contributed by atoms with van der Waals surface area (Å²) in [5, 5.41) is 0. The fraction of sp³-hybridized carbons (Fsp3) is 0.389. The van der Waals surface area contributed by atoms with Gasteiger partial charge in [-0.3, -0.25) is 4.79 Å². The van der Waals surface area contributed by atoms with Crippen LogP contribution in [0.4, 0.5) is 0 Å². The van der Waals surface area contributed by atoms with Gasteiger partial charge in [-0.1, -0.05) is 18.2 Å². The normalized spacial score (nSPS) is 26.3. The lowest BCUT2D eigenvalue weighted by Gasteiger charge is -2.17. The summed E-state index contributed by atoms with van der Waals surface area (Å²) in [6.07, 6.45) is 2.20. The fourth-order valence-corrected chi connectivity index (χ4v) is 3.72. The topological polar surface area (TPSA) is 68.7 Å². The van der Waals surface area contributed by atoms with E-state index in [1.807, 2.05) is 35.2 Å². The number of likely N-dealkylation sites (tertiary alicyclic amines) is 1. The summed E-state index contributed by atoms with van der Waals surface area (Å²) < 4.78 is 11.2. The number of carbonyl (C=O) groups is 1. The van der Waals surface area contributed by atoms with E-state index in [1.54, 1.807) is 12.1 Å². The van der Waals surface area contributed by atoms with Crippen LogP contribution in [0.1, 0.15) is 23.4 Å². The Balaban J connectivity index is 1.44. The van der Waals surface area contributed by atoms with Gasteiger partial charge in [-0.05, 0) is 42.9 Å². The maximum Gasteiger partial charge on any atom is 0.290 e. The molecular formula is C18H20N2O3. The second kappa shape index (κ2) is 5.74. The largest absolute Gasteiger partial charge is 0.426 e. The number of nitrogens with two attached hydrogens (primary N) is 1. The third kappa shape index (κ3) is 2.72. The summed E-state index contributed by atoms with van der Waals surface area (Å²) in [7, 11) is 0. The zero-order valence-electron chi connectivity index (χ0n) is 12.9.